The summed E-state index contributed by atoms with van der Waals surface area (Å²) in [4.78, 5) is 9.67. The van der Waals surface area contributed by atoms with Gasteiger partial charge in [-0.1, -0.05) is 0 Å². The summed E-state index contributed by atoms with van der Waals surface area (Å²) in [6.07, 6.45) is 0. The van der Waals surface area contributed by atoms with E-state index in [-0.39, 0.29) is 0 Å². The maximum absolute atomic E-state index is 5.89. The first-order valence-electron chi connectivity index (χ1n) is 6.64. The highest BCUT2D eigenvalue weighted by Crippen LogP contribution is 2.31. The van der Waals surface area contributed by atoms with Crippen molar-refractivity contribution < 1.29 is 9.47 Å². The van der Waals surface area contributed by atoms with Crippen LogP contribution in [-0.4, -0.2) is 23.6 Å². The van der Waals surface area contributed by atoms with E-state index in [0.29, 0.717) is 24.2 Å². The summed E-state index contributed by atoms with van der Waals surface area (Å²) in [5, 5.41) is 5.83. The van der Waals surface area contributed by atoms with Crippen LogP contribution in [0.2, 0.25) is 0 Å². The number of nitrogens with one attached hydrogen (secondary N) is 1. The molecule has 0 fully saturated rings. The summed E-state index contributed by atoms with van der Waals surface area (Å²) in [6, 6.07) is 9.45. The van der Waals surface area contributed by atoms with Crippen molar-refractivity contribution in [1.82, 2.24) is 9.97 Å². The van der Waals surface area contributed by atoms with E-state index in [9.17, 15) is 0 Å². The molecule has 0 atom stereocenters. The number of anilines is 1. The van der Waals surface area contributed by atoms with Crippen LogP contribution in [0.5, 0.6) is 17.4 Å². The fraction of sp³-hybridized carbons (Fsp3) is 0.200. The van der Waals surface area contributed by atoms with Gasteiger partial charge in [-0.05, 0) is 42.6 Å². The van der Waals surface area contributed by atoms with Gasteiger partial charge in [0.15, 0.2) is 0 Å². The van der Waals surface area contributed by atoms with Gasteiger partial charge in [-0.3, -0.25) is 0 Å². The Hall–Kier alpha value is -2.34. The number of thiophene rings is 1. The molecule has 0 unspecified atom stereocenters. The largest absolute Gasteiger partial charge is 0.494 e. The lowest BCUT2D eigenvalue weighted by Crippen LogP contribution is -1.98. The predicted molar refractivity (Wildman–Crippen MR) is 84.6 cm³/mol. The highest BCUT2D eigenvalue weighted by molar-refractivity contribution is 7.16. The molecule has 0 saturated carbocycles. The fourth-order valence-corrected chi connectivity index (χ4v) is 2.65. The molecule has 0 saturated heterocycles. The minimum absolute atomic E-state index is 0.547. The van der Waals surface area contributed by atoms with Crippen LogP contribution in [0, 0.1) is 0 Å². The van der Waals surface area contributed by atoms with Gasteiger partial charge in [0.2, 0.25) is 11.8 Å². The van der Waals surface area contributed by atoms with E-state index in [4.69, 9.17) is 9.47 Å². The van der Waals surface area contributed by atoms with E-state index in [1.807, 2.05) is 42.6 Å². The van der Waals surface area contributed by atoms with Crippen LogP contribution in [0.25, 0.3) is 10.2 Å². The van der Waals surface area contributed by atoms with Crippen molar-refractivity contribution >= 4 is 27.5 Å². The molecule has 0 amide bonds. The Balaban J connectivity index is 1.91. The highest BCUT2D eigenvalue weighted by Gasteiger charge is 2.10. The molecule has 0 aliphatic rings. The Kier molecular flexibility index (Phi) is 3.87. The van der Waals surface area contributed by atoms with Gasteiger partial charge in [-0.2, -0.15) is 4.98 Å². The highest BCUT2D eigenvalue weighted by atomic mass is 32.1. The quantitative estimate of drug-likeness (QED) is 0.774. The van der Waals surface area contributed by atoms with Gasteiger partial charge in [-0.25, -0.2) is 4.98 Å². The van der Waals surface area contributed by atoms with Gasteiger partial charge >= 0.3 is 0 Å². The zero-order valence-corrected chi connectivity index (χ0v) is 12.6. The van der Waals surface area contributed by atoms with E-state index >= 15 is 0 Å². The lowest BCUT2D eigenvalue weighted by Gasteiger charge is -2.08. The maximum atomic E-state index is 5.89. The number of hydrogen-bond acceptors (Lipinski definition) is 6. The molecule has 0 spiro atoms. The lowest BCUT2D eigenvalue weighted by molar-refractivity contribution is 0.339. The molecular formula is C15H15N3O2S. The molecule has 3 aromatic rings. The first-order valence-corrected chi connectivity index (χ1v) is 7.52. The van der Waals surface area contributed by atoms with Gasteiger partial charge < -0.3 is 14.8 Å². The summed E-state index contributed by atoms with van der Waals surface area (Å²) in [7, 11) is 1.79. The maximum Gasteiger partial charge on any atom is 0.232 e. The molecule has 1 aromatic carbocycles. The van der Waals surface area contributed by atoms with Gasteiger partial charge in [0.25, 0.3) is 0 Å². The van der Waals surface area contributed by atoms with Gasteiger partial charge in [0.05, 0.1) is 12.0 Å². The third-order valence-electron chi connectivity index (χ3n) is 2.86. The van der Waals surface area contributed by atoms with Crippen LogP contribution < -0.4 is 14.8 Å². The van der Waals surface area contributed by atoms with Crippen molar-refractivity contribution in [3.05, 3.63) is 35.7 Å². The van der Waals surface area contributed by atoms with Crippen LogP contribution >= 0.6 is 11.3 Å². The molecule has 0 aliphatic heterocycles. The second-order valence-electron chi connectivity index (χ2n) is 4.25. The molecule has 21 heavy (non-hydrogen) atoms. The standard InChI is InChI=1S/C15H15N3O2S/c1-3-19-10-4-6-11(7-5-10)20-13-12-8-9-21-14(12)18-15(16-2)17-13/h4-9H,3H2,1-2H3,(H,16,17,18). The summed E-state index contributed by atoms with van der Waals surface area (Å²) < 4.78 is 11.3. The van der Waals surface area contributed by atoms with Crippen molar-refractivity contribution in [1.29, 1.82) is 0 Å². The molecule has 3 rings (SSSR count). The van der Waals surface area contributed by atoms with E-state index in [1.165, 1.54) is 0 Å². The molecule has 2 heterocycles. The van der Waals surface area contributed by atoms with Crippen molar-refractivity contribution in [2.75, 3.05) is 19.0 Å². The molecule has 0 bridgehead atoms. The molecular weight excluding hydrogens is 286 g/mol. The van der Waals surface area contributed by atoms with Crippen LogP contribution in [0.3, 0.4) is 0 Å². The van der Waals surface area contributed by atoms with Gasteiger partial charge in [0, 0.05) is 7.05 Å². The lowest BCUT2D eigenvalue weighted by atomic mass is 10.3. The third-order valence-corrected chi connectivity index (χ3v) is 3.67. The average molecular weight is 301 g/mol. The summed E-state index contributed by atoms with van der Waals surface area (Å²) in [5.41, 5.74) is 0. The number of aromatic nitrogens is 2. The Morgan fingerprint density at radius 3 is 2.57 bits per heavy atom. The Bertz CT molecular complexity index is 740. The van der Waals surface area contributed by atoms with E-state index in [2.05, 4.69) is 15.3 Å². The fourth-order valence-electron chi connectivity index (χ4n) is 1.90. The van der Waals surface area contributed by atoms with Crippen LogP contribution in [0.1, 0.15) is 6.92 Å². The Labute approximate surface area is 126 Å². The van der Waals surface area contributed by atoms with Gasteiger partial charge in [-0.15, -0.1) is 11.3 Å². The number of fused-ring (bicyclic) bond motifs is 1. The SMILES string of the molecule is CCOc1ccc(Oc2nc(NC)nc3sccc23)cc1. The Morgan fingerprint density at radius 1 is 1.10 bits per heavy atom. The second kappa shape index (κ2) is 5.97. The van der Waals surface area contributed by atoms with Crippen molar-refractivity contribution in [2.24, 2.45) is 0 Å². The molecule has 5 nitrogen and oxygen atoms in total. The third kappa shape index (κ3) is 2.90. The average Bonchev–Trinajstić information content (AvgIpc) is 2.98. The van der Waals surface area contributed by atoms with E-state index in [1.54, 1.807) is 18.4 Å². The van der Waals surface area contributed by atoms with Crippen LogP contribution in [-0.2, 0) is 0 Å². The predicted octanol–water partition coefficient (Wildman–Crippen LogP) is 3.92. The first kappa shape index (κ1) is 13.6. The molecule has 108 valence electrons. The van der Waals surface area contributed by atoms with Crippen molar-refractivity contribution in [2.45, 2.75) is 6.92 Å². The van der Waals surface area contributed by atoms with E-state index < -0.39 is 0 Å². The van der Waals surface area contributed by atoms with Gasteiger partial charge in [0.1, 0.15) is 16.3 Å². The second-order valence-corrected chi connectivity index (χ2v) is 5.14. The molecule has 1 N–H and O–H groups in total. The summed E-state index contributed by atoms with van der Waals surface area (Å²) >= 11 is 1.56. The first-order chi connectivity index (χ1) is 10.3. The number of ether oxygens (including phenoxy) is 2. The number of hydrogen-bond donors (Lipinski definition) is 1. The smallest absolute Gasteiger partial charge is 0.232 e. The normalized spacial score (nSPS) is 10.6. The van der Waals surface area contributed by atoms with Crippen molar-refractivity contribution in [3.8, 4) is 17.4 Å². The van der Waals surface area contributed by atoms with E-state index in [0.717, 1.165) is 16.0 Å². The number of nitrogens with zero attached hydrogens (tertiary/aromatic N) is 2. The minimum Gasteiger partial charge on any atom is -0.494 e. The summed E-state index contributed by atoms with van der Waals surface area (Å²) in [5.74, 6) is 2.64. The zero-order chi connectivity index (χ0) is 14.7. The molecule has 2 aromatic heterocycles. The molecule has 0 radical (unpaired) electrons. The topological polar surface area (TPSA) is 56.3 Å². The van der Waals surface area contributed by atoms with Crippen LogP contribution in [0.4, 0.5) is 5.95 Å². The molecule has 0 aliphatic carbocycles. The van der Waals surface area contributed by atoms with Crippen LogP contribution in [0.15, 0.2) is 35.7 Å². The molecule has 6 heteroatoms. The van der Waals surface area contributed by atoms with Crippen molar-refractivity contribution in [3.63, 3.8) is 0 Å². The summed E-state index contributed by atoms with van der Waals surface area (Å²) in [6.45, 7) is 2.60. The monoisotopic (exact) mass is 301 g/mol. The minimum atomic E-state index is 0.547. The number of rotatable bonds is 5. The Morgan fingerprint density at radius 2 is 1.86 bits per heavy atom. The number of benzene rings is 1. The zero-order valence-electron chi connectivity index (χ0n) is 11.8.